The van der Waals surface area contributed by atoms with E-state index in [9.17, 15) is 9.59 Å². The van der Waals surface area contributed by atoms with Crippen LogP contribution in [0.1, 0.15) is 25.7 Å². The number of hydrogen-bond acceptors (Lipinski definition) is 3. The summed E-state index contributed by atoms with van der Waals surface area (Å²) in [7, 11) is 0. The first kappa shape index (κ1) is 17.8. The van der Waals surface area contributed by atoms with Gasteiger partial charge in [-0.25, -0.2) is 0 Å². The Bertz CT molecular complexity index is 821. The van der Waals surface area contributed by atoms with E-state index in [-0.39, 0.29) is 24.3 Å². The lowest BCUT2D eigenvalue weighted by molar-refractivity contribution is -0.140. The molecule has 0 atom stereocenters. The van der Waals surface area contributed by atoms with Crippen LogP contribution in [0.2, 0.25) is 0 Å². The Morgan fingerprint density at radius 2 is 1.59 bits per heavy atom. The van der Waals surface area contributed by atoms with Crippen LogP contribution >= 0.6 is 0 Å². The molecule has 2 heterocycles. The van der Waals surface area contributed by atoms with Crippen molar-refractivity contribution in [1.82, 2.24) is 9.80 Å². The molecule has 2 aliphatic heterocycles. The number of nitrogens with zero attached hydrogens (tertiary/aromatic N) is 2. The fraction of sp³-hybridized carbons (Fsp3) is 0.455. The summed E-state index contributed by atoms with van der Waals surface area (Å²) in [6.07, 6.45) is 3.76. The van der Waals surface area contributed by atoms with Gasteiger partial charge in [0.2, 0.25) is 5.91 Å². The van der Waals surface area contributed by atoms with Crippen LogP contribution in [-0.4, -0.2) is 54.4 Å². The molecule has 0 spiro atoms. The molecule has 2 aliphatic rings. The van der Waals surface area contributed by atoms with Gasteiger partial charge < -0.3 is 14.5 Å². The molecule has 2 aromatic carbocycles. The summed E-state index contributed by atoms with van der Waals surface area (Å²) >= 11 is 0. The minimum Gasteiger partial charge on any atom is -0.484 e. The van der Waals surface area contributed by atoms with Crippen molar-refractivity contribution in [2.24, 2.45) is 5.92 Å². The van der Waals surface area contributed by atoms with Gasteiger partial charge in [-0.1, -0.05) is 30.3 Å². The van der Waals surface area contributed by atoms with E-state index < -0.39 is 0 Å². The second kappa shape index (κ2) is 7.99. The van der Waals surface area contributed by atoms with Crippen molar-refractivity contribution in [2.75, 3.05) is 32.8 Å². The molecule has 2 saturated heterocycles. The lowest BCUT2D eigenvalue weighted by atomic mass is 9.95. The van der Waals surface area contributed by atoms with Crippen molar-refractivity contribution in [3.63, 3.8) is 0 Å². The van der Waals surface area contributed by atoms with Crippen LogP contribution in [0.5, 0.6) is 5.75 Å². The zero-order valence-corrected chi connectivity index (χ0v) is 15.6. The molecule has 27 heavy (non-hydrogen) atoms. The van der Waals surface area contributed by atoms with E-state index in [1.165, 1.54) is 0 Å². The van der Waals surface area contributed by atoms with Crippen LogP contribution in [0.15, 0.2) is 42.5 Å². The Hall–Kier alpha value is -2.56. The van der Waals surface area contributed by atoms with Gasteiger partial charge in [-0.3, -0.25) is 9.59 Å². The van der Waals surface area contributed by atoms with E-state index in [1.807, 2.05) is 46.2 Å². The van der Waals surface area contributed by atoms with Crippen LogP contribution in [0.25, 0.3) is 10.8 Å². The number of amides is 2. The number of ether oxygens (including phenoxy) is 1. The maximum absolute atomic E-state index is 12.5. The number of carbonyl (C=O) groups is 2. The Kier molecular flexibility index (Phi) is 5.28. The SMILES string of the molecule is O=C(COc1ccc2ccccc2c1)N1CCC(C(=O)N2CCCC2)CC1. The molecule has 0 saturated carbocycles. The standard InChI is InChI=1S/C22H26N2O3/c25-21(16-27-20-8-7-17-5-1-2-6-19(17)15-20)23-13-9-18(10-14-23)22(26)24-11-3-4-12-24/h1-2,5-8,15,18H,3-4,9-14,16H2. The van der Waals surface area contributed by atoms with Gasteiger partial charge >= 0.3 is 0 Å². The topological polar surface area (TPSA) is 49.9 Å². The number of fused-ring (bicyclic) bond motifs is 1. The molecular weight excluding hydrogens is 340 g/mol. The van der Waals surface area contributed by atoms with Crippen molar-refractivity contribution in [1.29, 1.82) is 0 Å². The first-order valence-electron chi connectivity index (χ1n) is 9.89. The Labute approximate surface area is 159 Å². The molecule has 5 nitrogen and oxygen atoms in total. The van der Waals surface area contributed by atoms with E-state index in [4.69, 9.17) is 4.74 Å². The van der Waals surface area contributed by atoms with Gasteiger partial charge in [-0.05, 0) is 48.6 Å². The van der Waals surface area contributed by atoms with E-state index in [0.29, 0.717) is 18.8 Å². The maximum atomic E-state index is 12.5. The number of hydrogen-bond donors (Lipinski definition) is 0. The average Bonchev–Trinajstić information content (AvgIpc) is 3.26. The molecule has 2 amide bonds. The van der Waals surface area contributed by atoms with Gasteiger partial charge in [0.15, 0.2) is 6.61 Å². The van der Waals surface area contributed by atoms with Crippen molar-refractivity contribution in [3.05, 3.63) is 42.5 Å². The highest BCUT2D eigenvalue weighted by Crippen LogP contribution is 2.23. The predicted octanol–water partition coefficient (Wildman–Crippen LogP) is 3.08. The van der Waals surface area contributed by atoms with Crippen LogP contribution in [0, 0.1) is 5.92 Å². The minimum absolute atomic E-state index is 0.00442. The van der Waals surface area contributed by atoms with Gasteiger partial charge in [-0.15, -0.1) is 0 Å². The van der Waals surface area contributed by atoms with E-state index in [0.717, 1.165) is 49.5 Å². The number of piperidine rings is 1. The van der Waals surface area contributed by atoms with Crippen LogP contribution < -0.4 is 4.74 Å². The number of carbonyl (C=O) groups excluding carboxylic acids is 2. The summed E-state index contributed by atoms with van der Waals surface area (Å²) in [5.41, 5.74) is 0. The van der Waals surface area contributed by atoms with Gasteiger partial charge in [0.1, 0.15) is 5.75 Å². The summed E-state index contributed by atoms with van der Waals surface area (Å²) in [5, 5.41) is 2.25. The number of likely N-dealkylation sites (tertiary alicyclic amines) is 2. The maximum Gasteiger partial charge on any atom is 0.260 e. The molecule has 5 heteroatoms. The lowest BCUT2D eigenvalue weighted by Gasteiger charge is -2.33. The molecule has 0 unspecified atom stereocenters. The highest BCUT2D eigenvalue weighted by molar-refractivity contribution is 5.84. The molecule has 0 bridgehead atoms. The molecule has 4 rings (SSSR count). The first-order valence-corrected chi connectivity index (χ1v) is 9.89. The first-order chi connectivity index (χ1) is 13.2. The molecule has 0 aromatic heterocycles. The van der Waals surface area contributed by atoms with Crippen LogP contribution in [0.4, 0.5) is 0 Å². The molecule has 0 aliphatic carbocycles. The van der Waals surface area contributed by atoms with Gasteiger partial charge in [0, 0.05) is 32.1 Å². The molecule has 0 radical (unpaired) electrons. The van der Waals surface area contributed by atoms with Crippen molar-refractivity contribution < 1.29 is 14.3 Å². The largest absolute Gasteiger partial charge is 0.484 e. The second-order valence-electron chi connectivity index (χ2n) is 7.49. The minimum atomic E-state index is -0.00442. The summed E-state index contributed by atoms with van der Waals surface area (Å²) in [4.78, 5) is 28.8. The summed E-state index contributed by atoms with van der Waals surface area (Å²) in [6, 6.07) is 13.9. The summed E-state index contributed by atoms with van der Waals surface area (Å²) < 4.78 is 5.72. The van der Waals surface area contributed by atoms with Gasteiger partial charge in [-0.2, -0.15) is 0 Å². The smallest absolute Gasteiger partial charge is 0.260 e. The quantitative estimate of drug-likeness (QED) is 0.836. The van der Waals surface area contributed by atoms with Gasteiger partial charge in [0.05, 0.1) is 0 Å². The molecular formula is C22H26N2O3. The highest BCUT2D eigenvalue weighted by Gasteiger charge is 2.31. The van der Waals surface area contributed by atoms with Crippen LogP contribution in [0.3, 0.4) is 0 Å². The Morgan fingerprint density at radius 3 is 2.33 bits per heavy atom. The molecule has 2 fully saturated rings. The average molecular weight is 366 g/mol. The van der Waals surface area contributed by atoms with Crippen LogP contribution in [-0.2, 0) is 9.59 Å². The third-order valence-corrected chi connectivity index (χ3v) is 5.70. The third-order valence-electron chi connectivity index (χ3n) is 5.70. The van der Waals surface area contributed by atoms with E-state index in [2.05, 4.69) is 6.07 Å². The molecule has 2 aromatic rings. The second-order valence-corrected chi connectivity index (χ2v) is 7.49. The lowest BCUT2D eigenvalue weighted by Crippen LogP contribution is -2.45. The Morgan fingerprint density at radius 1 is 0.889 bits per heavy atom. The fourth-order valence-electron chi connectivity index (χ4n) is 4.07. The van der Waals surface area contributed by atoms with Gasteiger partial charge in [0.25, 0.3) is 5.91 Å². The molecule has 142 valence electrons. The highest BCUT2D eigenvalue weighted by atomic mass is 16.5. The van der Waals surface area contributed by atoms with Crippen molar-refractivity contribution in [2.45, 2.75) is 25.7 Å². The zero-order chi connectivity index (χ0) is 18.6. The molecule has 0 N–H and O–H groups in total. The number of benzene rings is 2. The predicted molar refractivity (Wildman–Crippen MR) is 105 cm³/mol. The summed E-state index contributed by atoms with van der Waals surface area (Å²) in [5.74, 6) is 1.07. The van der Waals surface area contributed by atoms with E-state index in [1.54, 1.807) is 0 Å². The monoisotopic (exact) mass is 366 g/mol. The zero-order valence-electron chi connectivity index (χ0n) is 15.6. The fourth-order valence-corrected chi connectivity index (χ4v) is 4.07. The summed E-state index contributed by atoms with van der Waals surface area (Å²) in [6.45, 7) is 3.13. The van der Waals surface area contributed by atoms with E-state index >= 15 is 0 Å². The normalized spacial score (nSPS) is 18.1. The Balaban J connectivity index is 1.27. The third kappa shape index (κ3) is 4.07. The van der Waals surface area contributed by atoms with Crippen molar-refractivity contribution >= 4 is 22.6 Å². The number of rotatable bonds is 4. The van der Waals surface area contributed by atoms with Crippen molar-refractivity contribution in [3.8, 4) is 5.75 Å².